The van der Waals surface area contributed by atoms with Crippen LogP contribution in [0.15, 0.2) is 72.2 Å². The van der Waals surface area contributed by atoms with E-state index in [0.717, 1.165) is 77.9 Å². The van der Waals surface area contributed by atoms with Crippen LogP contribution < -0.4 is 15.8 Å². The van der Waals surface area contributed by atoms with E-state index in [9.17, 15) is 9.90 Å². The van der Waals surface area contributed by atoms with Gasteiger partial charge in [-0.2, -0.15) is 0 Å². The Bertz CT molecular complexity index is 1560. The van der Waals surface area contributed by atoms with Gasteiger partial charge in [0.15, 0.2) is 17.3 Å². The number of ketones is 1. The van der Waals surface area contributed by atoms with E-state index in [0.29, 0.717) is 5.56 Å². The van der Waals surface area contributed by atoms with Crippen molar-refractivity contribution >= 4 is 34.0 Å². The summed E-state index contributed by atoms with van der Waals surface area (Å²) >= 11 is 6.30. The fourth-order valence-corrected chi connectivity index (χ4v) is 5.52. The number of rotatable bonds is 9. The first-order valence-electron chi connectivity index (χ1n) is 14.1. The van der Waals surface area contributed by atoms with Crippen molar-refractivity contribution in [1.29, 1.82) is 0 Å². The minimum atomic E-state index is -0.100. The van der Waals surface area contributed by atoms with Gasteiger partial charge in [0, 0.05) is 48.0 Å². The summed E-state index contributed by atoms with van der Waals surface area (Å²) in [6.45, 7) is 5.84. The second kappa shape index (κ2) is 12.4. The lowest BCUT2D eigenvalue weighted by Gasteiger charge is -2.33. The summed E-state index contributed by atoms with van der Waals surface area (Å²) in [6.07, 6.45) is 13.9. The van der Waals surface area contributed by atoms with Crippen LogP contribution in [0.2, 0.25) is 5.02 Å². The number of halogens is 1. The van der Waals surface area contributed by atoms with Gasteiger partial charge in [-0.3, -0.25) is 9.78 Å². The van der Waals surface area contributed by atoms with Crippen LogP contribution in [-0.4, -0.2) is 47.0 Å². The van der Waals surface area contributed by atoms with Crippen LogP contribution in [0.5, 0.6) is 11.5 Å². The number of hydrogen-bond acceptors (Lipinski definition) is 7. The normalized spacial score (nSPS) is 18.3. The van der Waals surface area contributed by atoms with Crippen LogP contribution in [0, 0.1) is 5.92 Å². The number of phenols is 1. The Morgan fingerprint density at radius 1 is 1.15 bits per heavy atom. The van der Waals surface area contributed by atoms with E-state index in [4.69, 9.17) is 22.1 Å². The van der Waals surface area contributed by atoms with Gasteiger partial charge < -0.3 is 25.8 Å². The summed E-state index contributed by atoms with van der Waals surface area (Å²) in [5.41, 5.74) is 11.9. The van der Waals surface area contributed by atoms with Crippen LogP contribution in [0.3, 0.4) is 0 Å². The third-order valence-corrected chi connectivity index (χ3v) is 8.08. The van der Waals surface area contributed by atoms with Crippen molar-refractivity contribution < 1.29 is 14.6 Å². The molecule has 0 unspecified atom stereocenters. The van der Waals surface area contributed by atoms with Gasteiger partial charge in [0.1, 0.15) is 0 Å². The number of aromatic nitrogens is 1. The lowest BCUT2D eigenvalue weighted by molar-refractivity contribution is 0.0968. The van der Waals surface area contributed by atoms with Gasteiger partial charge in [-0.1, -0.05) is 29.8 Å². The SMILES string of the molecule is CC=C(/C=C\C(=C/C)Nc1c(C(=O)C2CC2)cnc2ccc(-c3cc(Cl)c(O)c(OC)c3)cc12)N1CCC[C@@H](N)C1. The molecule has 1 atom stereocenters. The average Bonchev–Trinajstić information content (AvgIpc) is 3.83. The first-order valence-corrected chi connectivity index (χ1v) is 14.5. The summed E-state index contributed by atoms with van der Waals surface area (Å²) in [5.74, 6) is 0.340. The molecule has 8 heteroatoms. The zero-order valence-corrected chi connectivity index (χ0v) is 24.5. The smallest absolute Gasteiger partial charge is 0.176 e. The number of nitrogens with one attached hydrogen (secondary N) is 1. The summed E-state index contributed by atoms with van der Waals surface area (Å²) in [5, 5.41) is 14.8. The molecule has 41 heavy (non-hydrogen) atoms. The number of likely N-dealkylation sites (tertiary alicyclic amines) is 1. The monoisotopic (exact) mass is 572 g/mol. The molecule has 0 spiro atoms. The minimum Gasteiger partial charge on any atom is -0.503 e. The second-order valence-corrected chi connectivity index (χ2v) is 11.1. The lowest BCUT2D eigenvalue weighted by atomic mass is 9.98. The first kappa shape index (κ1) is 28.7. The molecule has 1 saturated heterocycles. The highest BCUT2D eigenvalue weighted by atomic mass is 35.5. The average molecular weight is 573 g/mol. The van der Waals surface area contributed by atoms with E-state index in [2.05, 4.69) is 27.4 Å². The number of anilines is 1. The topological polar surface area (TPSA) is 101 Å². The molecule has 0 amide bonds. The number of ether oxygens (including phenoxy) is 1. The van der Waals surface area contributed by atoms with Crippen LogP contribution in [-0.2, 0) is 0 Å². The van der Waals surface area contributed by atoms with Crippen LogP contribution in [0.1, 0.15) is 49.9 Å². The fourth-order valence-electron chi connectivity index (χ4n) is 5.31. The molecule has 2 aliphatic rings. The quantitative estimate of drug-likeness (QED) is 0.186. The molecule has 7 nitrogen and oxygen atoms in total. The predicted octanol–water partition coefficient (Wildman–Crippen LogP) is 7.06. The zero-order valence-electron chi connectivity index (χ0n) is 23.8. The maximum absolute atomic E-state index is 13.4. The number of carbonyl (C=O) groups excluding carboxylic acids is 1. The second-order valence-electron chi connectivity index (χ2n) is 10.7. The molecule has 2 aromatic carbocycles. The van der Waals surface area contributed by atoms with E-state index < -0.39 is 0 Å². The Morgan fingerprint density at radius 2 is 1.95 bits per heavy atom. The Balaban J connectivity index is 1.55. The van der Waals surface area contributed by atoms with Crippen molar-refractivity contribution in [3.8, 4) is 22.6 Å². The lowest BCUT2D eigenvalue weighted by Crippen LogP contribution is -2.41. The maximum Gasteiger partial charge on any atom is 0.176 e. The van der Waals surface area contributed by atoms with Crippen molar-refractivity contribution in [3.63, 3.8) is 0 Å². The number of benzene rings is 2. The largest absolute Gasteiger partial charge is 0.503 e. The Labute approximate surface area is 246 Å². The van der Waals surface area contributed by atoms with E-state index in [1.54, 1.807) is 18.3 Å². The van der Waals surface area contributed by atoms with E-state index in [-0.39, 0.29) is 34.3 Å². The summed E-state index contributed by atoms with van der Waals surface area (Å²) in [7, 11) is 1.49. The number of phenolic OH excluding ortho intramolecular Hbond substituents is 1. The number of allylic oxidation sites excluding steroid dienone is 4. The van der Waals surface area contributed by atoms with E-state index in [1.165, 1.54) is 7.11 Å². The molecule has 1 aliphatic heterocycles. The fraction of sp³-hybridized carbons (Fsp3) is 0.333. The van der Waals surface area contributed by atoms with Crippen molar-refractivity contribution in [2.24, 2.45) is 11.7 Å². The number of fused-ring (bicyclic) bond motifs is 1. The molecule has 0 radical (unpaired) electrons. The third kappa shape index (κ3) is 6.26. The van der Waals surface area contributed by atoms with Crippen LogP contribution in [0.25, 0.3) is 22.0 Å². The number of pyridine rings is 1. The van der Waals surface area contributed by atoms with Crippen molar-refractivity contribution in [2.75, 3.05) is 25.5 Å². The van der Waals surface area contributed by atoms with Gasteiger partial charge in [-0.15, -0.1) is 0 Å². The van der Waals surface area contributed by atoms with Gasteiger partial charge in [0.25, 0.3) is 0 Å². The molecule has 5 rings (SSSR count). The minimum absolute atomic E-state index is 0.0423. The molecule has 0 bridgehead atoms. The molecular weight excluding hydrogens is 536 g/mol. The number of nitrogens with zero attached hydrogens (tertiary/aromatic N) is 2. The van der Waals surface area contributed by atoms with Gasteiger partial charge in [0.05, 0.1) is 28.9 Å². The number of nitrogens with two attached hydrogens (primary N) is 1. The molecular formula is C33H37ClN4O3. The maximum atomic E-state index is 13.4. The Morgan fingerprint density at radius 3 is 2.63 bits per heavy atom. The highest BCUT2D eigenvalue weighted by Gasteiger charge is 2.32. The number of piperidine rings is 1. The van der Waals surface area contributed by atoms with E-state index >= 15 is 0 Å². The number of hydrogen-bond donors (Lipinski definition) is 3. The number of methoxy groups -OCH3 is 1. The summed E-state index contributed by atoms with van der Waals surface area (Å²) in [6, 6.07) is 9.50. The Hall–Kier alpha value is -3.81. The summed E-state index contributed by atoms with van der Waals surface area (Å²) in [4.78, 5) is 20.4. The van der Waals surface area contributed by atoms with Gasteiger partial charge >= 0.3 is 0 Å². The molecule has 1 aliphatic carbocycles. The molecule has 2 heterocycles. The summed E-state index contributed by atoms with van der Waals surface area (Å²) < 4.78 is 5.32. The van der Waals surface area contributed by atoms with Crippen molar-refractivity contribution in [2.45, 2.75) is 45.6 Å². The number of carbonyl (C=O) groups is 1. The van der Waals surface area contributed by atoms with Crippen molar-refractivity contribution in [1.82, 2.24) is 9.88 Å². The molecule has 4 N–H and O–H groups in total. The predicted molar refractivity (Wildman–Crippen MR) is 167 cm³/mol. The van der Waals surface area contributed by atoms with Crippen molar-refractivity contribution in [3.05, 3.63) is 82.8 Å². The van der Waals surface area contributed by atoms with Crippen LogP contribution >= 0.6 is 11.6 Å². The van der Waals surface area contributed by atoms with Crippen LogP contribution in [0.4, 0.5) is 5.69 Å². The number of aromatic hydroxyl groups is 1. The van der Waals surface area contributed by atoms with E-state index in [1.807, 2.05) is 44.2 Å². The Kier molecular flexibility index (Phi) is 8.66. The zero-order chi connectivity index (χ0) is 29.1. The standard InChI is InChI=1S/C33H37ClN4O3/c1-4-24(11-12-25(5-2)38-14-6-7-23(35)19-38)37-31-26-15-21(22-16-28(34)33(40)30(17-22)41-3)10-13-29(26)36-18-27(31)32(39)20-8-9-20/h4-5,10-13,15-18,20,23,40H,6-9,14,19,35H2,1-3H3,(H,36,37)/b12-11-,24-4+,25-5?/t23-/m1/s1. The van der Waals surface area contributed by atoms with Gasteiger partial charge in [-0.05, 0) is 87.1 Å². The molecule has 3 aromatic rings. The van der Waals surface area contributed by atoms with Gasteiger partial charge in [-0.25, -0.2) is 0 Å². The first-order chi connectivity index (χ1) is 19.8. The number of Topliss-reactive ketones (excluding diaryl/α,β-unsaturated/α-hetero) is 1. The highest BCUT2D eigenvalue weighted by molar-refractivity contribution is 6.32. The van der Waals surface area contributed by atoms with Gasteiger partial charge in [0.2, 0.25) is 0 Å². The third-order valence-electron chi connectivity index (χ3n) is 7.80. The highest BCUT2D eigenvalue weighted by Crippen LogP contribution is 2.41. The molecule has 1 aromatic heterocycles. The molecule has 1 saturated carbocycles. The molecule has 2 fully saturated rings. The molecule has 214 valence electrons.